The van der Waals surface area contributed by atoms with Gasteiger partial charge in [-0.3, -0.25) is 4.79 Å². The van der Waals surface area contributed by atoms with E-state index in [-0.39, 0.29) is 13.2 Å². The van der Waals surface area contributed by atoms with Gasteiger partial charge in [0.1, 0.15) is 5.75 Å². The average Bonchev–Trinajstić information content (AvgIpc) is 2.43. The highest BCUT2D eigenvalue weighted by Crippen LogP contribution is 2.17. The molecule has 6 heteroatoms. The van der Waals surface area contributed by atoms with Crippen LogP contribution in [-0.4, -0.2) is 40.8 Å². The van der Waals surface area contributed by atoms with Gasteiger partial charge in [-0.2, -0.15) is 0 Å². The fourth-order valence-corrected chi connectivity index (χ4v) is 1.48. The molecule has 0 aliphatic carbocycles. The lowest BCUT2D eigenvalue weighted by Gasteiger charge is -2.18. The van der Waals surface area contributed by atoms with E-state index in [2.05, 4.69) is 5.32 Å². The smallest absolute Gasteiger partial charge is 0.337 e. The van der Waals surface area contributed by atoms with Crippen LogP contribution in [0.25, 0.3) is 0 Å². The number of hydrogen-bond acceptors (Lipinski definition) is 4. The van der Waals surface area contributed by atoms with Crippen LogP contribution in [0.15, 0.2) is 24.3 Å². The monoisotopic (exact) mass is 281 g/mol. The highest BCUT2D eigenvalue weighted by molar-refractivity contribution is 5.80. The first-order valence-corrected chi connectivity index (χ1v) is 6.30. The molecule has 0 saturated heterocycles. The number of ether oxygens (including phenoxy) is 1. The van der Waals surface area contributed by atoms with Gasteiger partial charge in [0, 0.05) is 0 Å². The largest absolute Gasteiger partial charge is 0.483 e. The van der Waals surface area contributed by atoms with Crippen molar-refractivity contribution in [3.8, 4) is 5.75 Å². The van der Waals surface area contributed by atoms with Crippen molar-refractivity contribution < 1.29 is 24.5 Å². The fraction of sp³-hybridized carbons (Fsp3) is 0.429. The summed E-state index contributed by atoms with van der Waals surface area (Å²) in [4.78, 5) is 22.2. The van der Waals surface area contributed by atoms with Gasteiger partial charge >= 0.3 is 5.97 Å². The maximum absolute atomic E-state index is 11.5. The molecule has 0 bridgehead atoms. The van der Waals surface area contributed by atoms with Gasteiger partial charge in [0.15, 0.2) is 12.2 Å². The van der Waals surface area contributed by atoms with E-state index in [1.54, 1.807) is 6.07 Å². The summed E-state index contributed by atoms with van der Waals surface area (Å²) in [5, 5.41) is 20.5. The molecule has 0 fully saturated rings. The Hall–Kier alpha value is -2.08. The number of aryl methyl sites for hydroxylation is 1. The van der Waals surface area contributed by atoms with Crippen molar-refractivity contribution in [2.45, 2.75) is 25.9 Å². The molecule has 0 saturated carbocycles. The zero-order valence-electron chi connectivity index (χ0n) is 11.5. The van der Waals surface area contributed by atoms with E-state index in [9.17, 15) is 14.7 Å². The summed E-state index contributed by atoms with van der Waals surface area (Å²) in [6.45, 7) is 2.49. The van der Waals surface area contributed by atoms with Crippen LogP contribution >= 0.6 is 0 Å². The minimum Gasteiger partial charge on any atom is -0.483 e. The van der Waals surface area contributed by atoms with Crippen LogP contribution in [0.4, 0.5) is 0 Å². The third-order valence-corrected chi connectivity index (χ3v) is 2.80. The Balaban J connectivity index is 2.46. The highest BCUT2D eigenvalue weighted by Gasteiger charge is 2.30. The van der Waals surface area contributed by atoms with E-state index in [0.717, 1.165) is 18.9 Å². The van der Waals surface area contributed by atoms with Crippen LogP contribution in [-0.2, 0) is 16.0 Å². The Kier molecular flexibility index (Phi) is 5.52. The summed E-state index contributed by atoms with van der Waals surface area (Å²) in [5.74, 6) is -1.26. The Labute approximate surface area is 117 Å². The summed E-state index contributed by atoms with van der Waals surface area (Å²) in [7, 11) is 0. The molecule has 1 amide bonds. The van der Waals surface area contributed by atoms with Gasteiger partial charge in [0.25, 0.3) is 5.91 Å². The number of aliphatic carboxylic acids is 1. The zero-order chi connectivity index (χ0) is 15.2. The van der Waals surface area contributed by atoms with Gasteiger partial charge in [-0.25, -0.2) is 4.79 Å². The number of aliphatic hydroxyl groups is 1. The first-order chi connectivity index (χ1) is 9.36. The molecule has 0 aliphatic rings. The van der Waals surface area contributed by atoms with E-state index in [4.69, 9.17) is 9.84 Å². The first-order valence-electron chi connectivity index (χ1n) is 6.30. The van der Waals surface area contributed by atoms with E-state index < -0.39 is 17.5 Å². The molecule has 6 nitrogen and oxygen atoms in total. The molecule has 0 radical (unpaired) electrons. The minimum absolute atomic E-state index is 0.229. The molecule has 3 N–H and O–H groups in total. The number of nitrogens with one attached hydrogen (secondary N) is 1. The van der Waals surface area contributed by atoms with Gasteiger partial charge < -0.3 is 20.3 Å². The van der Waals surface area contributed by atoms with E-state index in [1.807, 2.05) is 25.1 Å². The Morgan fingerprint density at radius 3 is 2.60 bits per heavy atom. The standard InChI is InChI=1S/C14H19NO5/c1-3-10-6-4-5-7-11(10)20-8-12(16)15-9-14(2,19)13(17)18/h4-7,19H,3,8-9H2,1-2H3,(H,15,16)(H,17,18). The Morgan fingerprint density at radius 2 is 2.00 bits per heavy atom. The molecule has 110 valence electrons. The summed E-state index contributed by atoms with van der Waals surface area (Å²) in [5.41, 5.74) is -1.00. The van der Waals surface area contributed by atoms with Crippen molar-refractivity contribution >= 4 is 11.9 Å². The van der Waals surface area contributed by atoms with Crippen LogP contribution in [0.3, 0.4) is 0 Å². The maximum atomic E-state index is 11.5. The average molecular weight is 281 g/mol. The van der Waals surface area contributed by atoms with Crippen LogP contribution in [0.2, 0.25) is 0 Å². The minimum atomic E-state index is -1.99. The van der Waals surface area contributed by atoms with Gasteiger partial charge in [0.2, 0.25) is 0 Å². The predicted octanol–water partition coefficient (Wildman–Crippen LogP) is 0.580. The van der Waals surface area contributed by atoms with Gasteiger partial charge in [-0.15, -0.1) is 0 Å². The Morgan fingerprint density at radius 1 is 1.35 bits per heavy atom. The van der Waals surface area contributed by atoms with Crippen molar-refractivity contribution in [3.05, 3.63) is 29.8 Å². The third-order valence-electron chi connectivity index (χ3n) is 2.80. The van der Waals surface area contributed by atoms with Crippen molar-refractivity contribution in [2.24, 2.45) is 0 Å². The summed E-state index contributed by atoms with van der Waals surface area (Å²) in [6.07, 6.45) is 0.783. The maximum Gasteiger partial charge on any atom is 0.337 e. The van der Waals surface area contributed by atoms with Crippen LogP contribution in [0, 0.1) is 0 Å². The molecule has 1 unspecified atom stereocenters. The summed E-state index contributed by atoms with van der Waals surface area (Å²) < 4.78 is 5.37. The topological polar surface area (TPSA) is 95.9 Å². The second kappa shape index (κ2) is 6.91. The number of carboxylic acids is 1. The van der Waals surface area contributed by atoms with Gasteiger partial charge in [0.05, 0.1) is 6.54 Å². The van der Waals surface area contributed by atoms with Crippen LogP contribution in [0.1, 0.15) is 19.4 Å². The SMILES string of the molecule is CCc1ccccc1OCC(=O)NCC(C)(O)C(=O)O. The number of rotatable bonds is 7. The van der Waals surface area contributed by atoms with Gasteiger partial charge in [-0.1, -0.05) is 25.1 Å². The van der Waals surface area contributed by atoms with Gasteiger partial charge in [-0.05, 0) is 25.0 Å². The van der Waals surface area contributed by atoms with Crippen LogP contribution in [0.5, 0.6) is 5.75 Å². The lowest BCUT2D eigenvalue weighted by Crippen LogP contribution is -2.47. The molecule has 0 aromatic heterocycles. The second-order valence-electron chi connectivity index (χ2n) is 4.61. The van der Waals surface area contributed by atoms with Crippen LogP contribution < -0.4 is 10.1 Å². The van der Waals surface area contributed by atoms with Crippen molar-refractivity contribution in [1.82, 2.24) is 5.32 Å². The number of carbonyl (C=O) groups is 2. The fourth-order valence-electron chi connectivity index (χ4n) is 1.48. The Bertz CT molecular complexity index is 484. The molecule has 0 aliphatic heterocycles. The molecule has 1 aromatic carbocycles. The van der Waals surface area contributed by atoms with E-state index in [0.29, 0.717) is 5.75 Å². The number of hydrogen-bond donors (Lipinski definition) is 3. The quantitative estimate of drug-likeness (QED) is 0.679. The molecular formula is C14H19NO5. The van der Waals surface area contributed by atoms with Crippen molar-refractivity contribution in [3.63, 3.8) is 0 Å². The van der Waals surface area contributed by atoms with E-state index >= 15 is 0 Å². The zero-order valence-corrected chi connectivity index (χ0v) is 11.5. The number of carbonyl (C=O) groups excluding carboxylic acids is 1. The van der Waals surface area contributed by atoms with Crippen molar-refractivity contribution in [1.29, 1.82) is 0 Å². The normalized spacial score (nSPS) is 13.3. The lowest BCUT2D eigenvalue weighted by molar-refractivity contribution is -0.156. The molecule has 1 aromatic rings. The summed E-state index contributed by atoms with van der Waals surface area (Å²) in [6, 6.07) is 7.36. The molecule has 1 atom stereocenters. The van der Waals surface area contributed by atoms with E-state index in [1.165, 1.54) is 0 Å². The highest BCUT2D eigenvalue weighted by atomic mass is 16.5. The summed E-state index contributed by atoms with van der Waals surface area (Å²) >= 11 is 0. The second-order valence-corrected chi connectivity index (χ2v) is 4.61. The first kappa shape index (κ1) is 16.0. The predicted molar refractivity (Wildman–Crippen MR) is 72.6 cm³/mol. The molecule has 1 rings (SSSR count). The number of para-hydroxylation sites is 1. The molecule has 20 heavy (non-hydrogen) atoms. The molecular weight excluding hydrogens is 262 g/mol. The number of benzene rings is 1. The molecule has 0 spiro atoms. The lowest BCUT2D eigenvalue weighted by atomic mass is 10.1. The third kappa shape index (κ3) is 4.55. The van der Waals surface area contributed by atoms with Crippen molar-refractivity contribution in [2.75, 3.05) is 13.2 Å². The number of carboxylic acid groups (broad SMARTS) is 1. The molecule has 0 heterocycles. The number of amides is 1.